The number of nitrogens with one attached hydrogen (secondary N) is 1. The Balaban J connectivity index is 2.73. The second-order valence-electron chi connectivity index (χ2n) is 3.04. The minimum atomic E-state index is -1.08. The van der Waals surface area contributed by atoms with Crippen molar-refractivity contribution in [3.63, 3.8) is 0 Å². The van der Waals surface area contributed by atoms with E-state index in [2.05, 4.69) is 5.32 Å². The van der Waals surface area contributed by atoms with Gasteiger partial charge in [-0.2, -0.15) is 0 Å². The first-order chi connectivity index (χ1) is 7.00. The molecule has 0 saturated carbocycles. The maximum atomic E-state index is 11.5. The van der Waals surface area contributed by atoms with Crippen LogP contribution in [0, 0.1) is 0 Å². The molecule has 1 rings (SSSR count). The number of carbonyl (C=O) groups excluding carboxylic acids is 1. The fourth-order valence-corrected chi connectivity index (χ4v) is 1.16. The molecule has 0 saturated heterocycles. The number of halogens is 1. The van der Waals surface area contributed by atoms with Crippen molar-refractivity contribution in [2.75, 3.05) is 0 Å². The van der Waals surface area contributed by atoms with E-state index in [-0.39, 0.29) is 0 Å². The third-order valence-corrected chi connectivity index (χ3v) is 2.04. The molecular formula is C10H10ClNO3. The number of benzene rings is 1. The van der Waals surface area contributed by atoms with Gasteiger partial charge in [-0.1, -0.05) is 17.7 Å². The molecule has 1 unspecified atom stereocenters. The number of amides is 1. The number of carboxylic acid groups (broad SMARTS) is 1. The molecule has 0 aliphatic carbocycles. The molecule has 15 heavy (non-hydrogen) atoms. The van der Waals surface area contributed by atoms with E-state index in [1.165, 1.54) is 13.0 Å². The van der Waals surface area contributed by atoms with Gasteiger partial charge in [0, 0.05) is 10.6 Å². The van der Waals surface area contributed by atoms with Crippen LogP contribution in [0.25, 0.3) is 0 Å². The first kappa shape index (κ1) is 11.5. The predicted molar refractivity (Wildman–Crippen MR) is 56.0 cm³/mol. The summed E-state index contributed by atoms with van der Waals surface area (Å²) in [5.74, 6) is -1.53. The highest BCUT2D eigenvalue weighted by Crippen LogP contribution is 2.10. The molecule has 1 aromatic rings. The molecule has 0 aromatic heterocycles. The lowest BCUT2D eigenvalue weighted by atomic mass is 10.2. The molecule has 0 aliphatic heterocycles. The summed E-state index contributed by atoms with van der Waals surface area (Å²) in [6, 6.07) is 5.39. The summed E-state index contributed by atoms with van der Waals surface area (Å²) in [5, 5.41) is 11.4. The Morgan fingerprint density at radius 3 is 2.67 bits per heavy atom. The van der Waals surface area contributed by atoms with E-state index < -0.39 is 17.9 Å². The fourth-order valence-electron chi connectivity index (χ4n) is 0.971. The number of hydrogen-bond donors (Lipinski definition) is 2. The molecule has 0 bridgehead atoms. The van der Waals surface area contributed by atoms with Crippen molar-refractivity contribution in [3.8, 4) is 0 Å². The molecule has 80 valence electrons. The summed E-state index contributed by atoms with van der Waals surface area (Å²) in [6.45, 7) is 1.39. The van der Waals surface area contributed by atoms with Crippen LogP contribution in [-0.4, -0.2) is 23.0 Å². The normalized spacial score (nSPS) is 11.9. The largest absolute Gasteiger partial charge is 0.480 e. The van der Waals surface area contributed by atoms with Gasteiger partial charge in [-0.05, 0) is 25.1 Å². The van der Waals surface area contributed by atoms with Gasteiger partial charge in [-0.3, -0.25) is 9.59 Å². The van der Waals surface area contributed by atoms with E-state index in [4.69, 9.17) is 16.7 Å². The smallest absolute Gasteiger partial charge is 0.325 e. The van der Waals surface area contributed by atoms with E-state index in [9.17, 15) is 9.59 Å². The second kappa shape index (κ2) is 4.79. The summed E-state index contributed by atoms with van der Waals surface area (Å²) in [4.78, 5) is 22.0. The van der Waals surface area contributed by atoms with Gasteiger partial charge < -0.3 is 10.4 Å². The van der Waals surface area contributed by atoms with Crippen LogP contribution in [-0.2, 0) is 4.79 Å². The summed E-state index contributed by atoms with van der Waals surface area (Å²) >= 11 is 5.69. The molecule has 0 spiro atoms. The molecule has 0 heterocycles. The molecule has 0 radical (unpaired) electrons. The molecule has 1 amide bonds. The van der Waals surface area contributed by atoms with Gasteiger partial charge in [0.1, 0.15) is 6.04 Å². The van der Waals surface area contributed by atoms with Crippen molar-refractivity contribution in [1.29, 1.82) is 0 Å². The van der Waals surface area contributed by atoms with E-state index in [0.29, 0.717) is 10.6 Å². The molecule has 5 heteroatoms. The Labute approximate surface area is 91.9 Å². The Bertz CT molecular complexity index is 392. The Morgan fingerprint density at radius 2 is 2.13 bits per heavy atom. The Kier molecular flexibility index (Phi) is 3.68. The zero-order valence-electron chi connectivity index (χ0n) is 8.03. The highest BCUT2D eigenvalue weighted by atomic mass is 35.5. The first-order valence-electron chi connectivity index (χ1n) is 4.30. The van der Waals surface area contributed by atoms with Gasteiger partial charge in [0.25, 0.3) is 5.91 Å². The minimum Gasteiger partial charge on any atom is -0.480 e. The van der Waals surface area contributed by atoms with Gasteiger partial charge in [0.15, 0.2) is 0 Å². The van der Waals surface area contributed by atoms with E-state index in [1.54, 1.807) is 18.2 Å². The lowest BCUT2D eigenvalue weighted by Gasteiger charge is -2.08. The zero-order chi connectivity index (χ0) is 11.4. The molecule has 4 nitrogen and oxygen atoms in total. The van der Waals surface area contributed by atoms with Gasteiger partial charge >= 0.3 is 5.97 Å². The van der Waals surface area contributed by atoms with Gasteiger partial charge in [-0.15, -0.1) is 0 Å². The first-order valence-corrected chi connectivity index (χ1v) is 4.67. The summed E-state index contributed by atoms with van der Waals surface area (Å²) < 4.78 is 0. The summed E-state index contributed by atoms with van der Waals surface area (Å²) in [7, 11) is 0. The van der Waals surface area contributed by atoms with Gasteiger partial charge in [-0.25, -0.2) is 0 Å². The molecular weight excluding hydrogens is 218 g/mol. The maximum Gasteiger partial charge on any atom is 0.325 e. The topological polar surface area (TPSA) is 66.4 Å². The highest BCUT2D eigenvalue weighted by molar-refractivity contribution is 6.30. The zero-order valence-corrected chi connectivity index (χ0v) is 8.78. The Morgan fingerprint density at radius 1 is 1.47 bits per heavy atom. The number of carbonyl (C=O) groups is 2. The van der Waals surface area contributed by atoms with Crippen molar-refractivity contribution in [2.45, 2.75) is 13.0 Å². The van der Waals surface area contributed by atoms with E-state index in [0.717, 1.165) is 0 Å². The molecule has 0 fully saturated rings. The van der Waals surface area contributed by atoms with Crippen molar-refractivity contribution in [1.82, 2.24) is 5.32 Å². The Hall–Kier alpha value is -1.55. The minimum absolute atomic E-state index is 0.343. The monoisotopic (exact) mass is 227 g/mol. The molecule has 1 aromatic carbocycles. The summed E-state index contributed by atoms with van der Waals surface area (Å²) in [6.07, 6.45) is 0. The van der Waals surface area contributed by atoms with Crippen molar-refractivity contribution < 1.29 is 14.7 Å². The number of hydrogen-bond acceptors (Lipinski definition) is 2. The average molecular weight is 228 g/mol. The van der Waals surface area contributed by atoms with E-state index >= 15 is 0 Å². The third kappa shape index (κ3) is 3.25. The fraction of sp³-hybridized carbons (Fsp3) is 0.200. The van der Waals surface area contributed by atoms with Crippen molar-refractivity contribution in [2.24, 2.45) is 0 Å². The van der Waals surface area contributed by atoms with Crippen LogP contribution in [0.2, 0.25) is 5.02 Å². The van der Waals surface area contributed by atoms with Gasteiger partial charge in [0.05, 0.1) is 0 Å². The van der Waals surface area contributed by atoms with Crippen LogP contribution in [0.4, 0.5) is 0 Å². The standard InChI is InChI=1S/C10H10ClNO3/c1-6(10(14)15)12-9(13)7-3-2-4-8(11)5-7/h2-6H,1H3,(H,12,13)(H,14,15). The van der Waals surface area contributed by atoms with Crippen LogP contribution < -0.4 is 5.32 Å². The third-order valence-electron chi connectivity index (χ3n) is 1.80. The SMILES string of the molecule is CC(NC(=O)c1cccc(Cl)c1)C(=O)O. The van der Waals surface area contributed by atoms with Crippen LogP contribution >= 0.6 is 11.6 Å². The lowest BCUT2D eigenvalue weighted by Crippen LogP contribution is -2.38. The predicted octanol–water partition coefficient (Wildman–Crippen LogP) is 1.54. The number of carboxylic acids is 1. The lowest BCUT2D eigenvalue weighted by molar-refractivity contribution is -0.138. The van der Waals surface area contributed by atoms with Crippen LogP contribution in [0.5, 0.6) is 0 Å². The average Bonchev–Trinajstić information content (AvgIpc) is 2.17. The maximum absolute atomic E-state index is 11.5. The van der Waals surface area contributed by atoms with Crippen molar-refractivity contribution >= 4 is 23.5 Å². The second-order valence-corrected chi connectivity index (χ2v) is 3.48. The van der Waals surface area contributed by atoms with Gasteiger partial charge in [0.2, 0.25) is 0 Å². The summed E-state index contributed by atoms with van der Waals surface area (Å²) in [5.41, 5.74) is 0.343. The quantitative estimate of drug-likeness (QED) is 0.823. The highest BCUT2D eigenvalue weighted by Gasteiger charge is 2.14. The van der Waals surface area contributed by atoms with Crippen LogP contribution in [0.3, 0.4) is 0 Å². The van der Waals surface area contributed by atoms with Crippen molar-refractivity contribution in [3.05, 3.63) is 34.9 Å². The van der Waals surface area contributed by atoms with Crippen LogP contribution in [0.1, 0.15) is 17.3 Å². The van der Waals surface area contributed by atoms with E-state index in [1.807, 2.05) is 0 Å². The number of aliphatic carboxylic acids is 1. The molecule has 1 atom stereocenters. The molecule has 0 aliphatic rings. The number of rotatable bonds is 3. The molecule has 2 N–H and O–H groups in total. The van der Waals surface area contributed by atoms with Crippen LogP contribution in [0.15, 0.2) is 24.3 Å².